The molecule has 176 valence electrons. The Morgan fingerprint density at radius 3 is 2.65 bits per heavy atom. The molecule has 0 radical (unpaired) electrons. The Morgan fingerprint density at radius 1 is 1.24 bits per heavy atom. The average Bonchev–Trinajstić information content (AvgIpc) is 3.34. The summed E-state index contributed by atoms with van der Waals surface area (Å²) in [7, 11) is -3.68. The van der Waals surface area contributed by atoms with Crippen LogP contribution < -0.4 is 0 Å². The van der Waals surface area contributed by atoms with Crippen LogP contribution in [0.2, 0.25) is 0 Å². The summed E-state index contributed by atoms with van der Waals surface area (Å²) in [4.78, 5) is 4.39. The summed E-state index contributed by atoms with van der Waals surface area (Å²) in [6.07, 6.45) is 4.19. The third-order valence-corrected chi connectivity index (χ3v) is 8.05. The second-order valence-corrected chi connectivity index (χ2v) is 11.0. The van der Waals surface area contributed by atoms with Crippen LogP contribution in [0, 0.1) is 11.3 Å². The van der Waals surface area contributed by atoms with Gasteiger partial charge in [-0.05, 0) is 43.5 Å². The normalized spacial score (nSPS) is 15.6. The Hall–Kier alpha value is -3.39. The summed E-state index contributed by atoms with van der Waals surface area (Å²) in [6.45, 7) is 2.45. The van der Waals surface area contributed by atoms with Gasteiger partial charge in [-0.15, -0.1) is 0 Å². The smallest absolute Gasteiger partial charge is 0.247 e. The Morgan fingerprint density at radius 2 is 2.00 bits per heavy atom. The Labute approximate surface area is 194 Å². The highest BCUT2D eigenvalue weighted by atomic mass is 32.2. The van der Waals surface area contributed by atoms with Crippen molar-refractivity contribution in [3.8, 4) is 11.9 Å². The highest BCUT2D eigenvalue weighted by Gasteiger charge is 2.45. The van der Waals surface area contributed by atoms with Gasteiger partial charge in [0.15, 0.2) is 20.7 Å². The van der Waals surface area contributed by atoms with Gasteiger partial charge in [0.05, 0.1) is 40.7 Å². The quantitative estimate of drug-likeness (QED) is 0.390. The van der Waals surface area contributed by atoms with E-state index < -0.39 is 21.2 Å². The van der Waals surface area contributed by atoms with Crippen molar-refractivity contribution < 1.29 is 17.2 Å². The monoisotopic (exact) mass is 484 g/mol. The zero-order valence-electron chi connectivity index (χ0n) is 18.7. The minimum absolute atomic E-state index is 0.0264. The van der Waals surface area contributed by atoms with Gasteiger partial charge in [0.25, 0.3) is 0 Å². The van der Waals surface area contributed by atoms with Crippen molar-refractivity contribution in [2.75, 3.05) is 5.75 Å². The fraction of sp³-hybridized carbons (Fsp3) is 0.391. The number of sulfone groups is 1. The van der Waals surface area contributed by atoms with Crippen LogP contribution in [0.1, 0.15) is 38.7 Å². The molecule has 1 aliphatic carbocycles. The van der Waals surface area contributed by atoms with Crippen LogP contribution in [0.4, 0.5) is 8.78 Å². The van der Waals surface area contributed by atoms with Crippen molar-refractivity contribution >= 4 is 31.6 Å². The molecule has 0 aliphatic heterocycles. The molecule has 0 atom stereocenters. The molecule has 1 aromatic carbocycles. The van der Waals surface area contributed by atoms with Gasteiger partial charge in [-0.25, -0.2) is 26.9 Å². The van der Waals surface area contributed by atoms with E-state index >= 15 is 0 Å². The number of pyridine rings is 1. The van der Waals surface area contributed by atoms with E-state index in [1.54, 1.807) is 31.2 Å². The van der Waals surface area contributed by atoms with Crippen molar-refractivity contribution in [2.45, 2.75) is 56.0 Å². The van der Waals surface area contributed by atoms with Gasteiger partial charge in [-0.3, -0.25) is 4.68 Å². The Balaban J connectivity index is 1.63. The van der Waals surface area contributed by atoms with Crippen LogP contribution >= 0.6 is 0 Å². The Kier molecular flexibility index (Phi) is 4.98. The second kappa shape index (κ2) is 7.56. The molecule has 1 aliphatic rings. The number of hydrogen-bond acceptors (Lipinski definition) is 6. The maximum absolute atomic E-state index is 13.3. The van der Waals surface area contributed by atoms with E-state index in [2.05, 4.69) is 21.3 Å². The maximum Gasteiger partial charge on any atom is 0.247 e. The molecular formula is C23H22F2N6O2S. The number of rotatable bonds is 7. The number of benzene rings is 1. The first-order valence-electron chi connectivity index (χ1n) is 10.9. The SMILES string of the molecule is CCS(=O)(=O)c1c2ccc(C3(C#N)CC3)cc2nn1-c1cc2cnn(CCC(C)(F)F)c2cn1. The summed E-state index contributed by atoms with van der Waals surface area (Å²) in [5.74, 6) is -2.66. The van der Waals surface area contributed by atoms with E-state index in [1.807, 2.05) is 0 Å². The average molecular weight is 485 g/mol. The predicted molar refractivity (Wildman–Crippen MR) is 122 cm³/mol. The van der Waals surface area contributed by atoms with E-state index in [0.29, 0.717) is 21.8 Å². The van der Waals surface area contributed by atoms with Crippen LogP contribution in [0.25, 0.3) is 27.6 Å². The first kappa shape index (κ1) is 22.4. The highest BCUT2D eigenvalue weighted by Crippen LogP contribution is 2.48. The predicted octanol–water partition coefficient (Wildman–Crippen LogP) is 4.16. The third-order valence-electron chi connectivity index (χ3n) is 6.31. The van der Waals surface area contributed by atoms with Crippen molar-refractivity contribution in [3.63, 3.8) is 0 Å². The number of aryl methyl sites for hydroxylation is 1. The molecule has 4 aromatic rings. The zero-order valence-corrected chi connectivity index (χ0v) is 19.5. The van der Waals surface area contributed by atoms with Crippen LogP contribution in [0.15, 0.2) is 41.7 Å². The molecule has 0 bridgehead atoms. The van der Waals surface area contributed by atoms with E-state index in [0.717, 1.165) is 25.3 Å². The zero-order chi connectivity index (χ0) is 24.3. The summed E-state index contributed by atoms with van der Waals surface area (Å²) in [5.41, 5.74) is 1.33. The molecule has 0 saturated heterocycles. The topological polar surface area (TPSA) is 106 Å². The minimum Gasteiger partial charge on any atom is -0.263 e. The number of hydrogen-bond donors (Lipinski definition) is 0. The fourth-order valence-corrected chi connectivity index (χ4v) is 5.28. The van der Waals surface area contributed by atoms with Crippen molar-refractivity contribution in [2.24, 2.45) is 0 Å². The number of alkyl halides is 2. The molecule has 1 fully saturated rings. The number of nitrogens with zero attached hydrogens (tertiary/aromatic N) is 6. The molecular weight excluding hydrogens is 462 g/mol. The van der Waals surface area contributed by atoms with Gasteiger partial charge in [0.1, 0.15) is 0 Å². The van der Waals surface area contributed by atoms with Gasteiger partial charge in [-0.1, -0.05) is 13.0 Å². The molecule has 0 spiro atoms. The van der Waals surface area contributed by atoms with Crippen LogP contribution in [-0.4, -0.2) is 44.6 Å². The lowest BCUT2D eigenvalue weighted by Gasteiger charge is -2.10. The summed E-state index contributed by atoms with van der Waals surface area (Å²) in [6, 6.07) is 9.26. The van der Waals surface area contributed by atoms with Gasteiger partial charge in [0.2, 0.25) is 5.92 Å². The molecule has 11 heteroatoms. The molecule has 0 N–H and O–H groups in total. The minimum atomic E-state index is -3.68. The standard InChI is InChI=1S/C23H22F2N6O2S/c1-3-34(32,33)21-17-5-4-16(23(14-26)6-7-23)11-18(17)29-31(21)20-10-15-12-28-30(19(15)13-27-20)9-8-22(2,24)25/h4-5,10-13H,3,6-9H2,1-2H3. The highest BCUT2D eigenvalue weighted by molar-refractivity contribution is 7.91. The first-order valence-corrected chi connectivity index (χ1v) is 12.6. The molecule has 34 heavy (non-hydrogen) atoms. The summed E-state index contributed by atoms with van der Waals surface area (Å²) in [5, 5.41) is 19.4. The van der Waals surface area contributed by atoms with Gasteiger partial charge < -0.3 is 0 Å². The molecule has 1 saturated carbocycles. The van der Waals surface area contributed by atoms with Gasteiger partial charge >= 0.3 is 0 Å². The molecule has 5 rings (SSSR count). The molecule has 0 amide bonds. The van der Waals surface area contributed by atoms with Crippen LogP contribution in [0.5, 0.6) is 0 Å². The summed E-state index contributed by atoms with van der Waals surface area (Å²) >= 11 is 0. The first-order chi connectivity index (χ1) is 16.1. The Bertz CT molecular complexity index is 1570. The lowest BCUT2D eigenvalue weighted by molar-refractivity contribution is 0.00813. The van der Waals surface area contributed by atoms with E-state index in [-0.39, 0.29) is 29.6 Å². The maximum atomic E-state index is 13.3. The summed E-state index contributed by atoms with van der Waals surface area (Å²) < 4.78 is 55.4. The number of aromatic nitrogens is 5. The van der Waals surface area contributed by atoms with Gasteiger partial charge in [-0.2, -0.15) is 15.5 Å². The third kappa shape index (κ3) is 3.72. The van der Waals surface area contributed by atoms with E-state index in [9.17, 15) is 22.5 Å². The lowest BCUT2D eigenvalue weighted by Crippen LogP contribution is -2.14. The lowest BCUT2D eigenvalue weighted by atomic mass is 9.97. The van der Waals surface area contributed by atoms with Crippen molar-refractivity contribution in [1.82, 2.24) is 24.5 Å². The molecule has 0 unspecified atom stereocenters. The molecule has 3 aromatic heterocycles. The molecule has 8 nitrogen and oxygen atoms in total. The van der Waals surface area contributed by atoms with Crippen LogP contribution in [-0.2, 0) is 21.8 Å². The second-order valence-electron chi connectivity index (χ2n) is 8.84. The molecule has 3 heterocycles. The van der Waals surface area contributed by atoms with E-state index in [1.165, 1.54) is 21.8 Å². The number of fused-ring (bicyclic) bond motifs is 2. The largest absolute Gasteiger partial charge is 0.263 e. The van der Waals surface area contributed by atoms with Crippen LogP contribution in [0.3, 0.4) is 0 Å². The van der Waals surface area contributed by atoms with Gasteiger partial charge in [0, 0.05) is 23.7 Å². The van der Waals surface area contributed by atoms with Crippen molar-refractivity contribution in [3.05, 3.63) is 42.2 Å². The van der Waals surface area contributed by atoms with Crippen molar-refractivity contribution in [1.29, 1.82) is 5.26 Å². The number of nitriles is 1. The fourth-order valence-electron chi connectivity index (χ4n) is 4.10. The van der Waals surface area contributed by atoms with E-state index in [4.69, 9.17) is 0 Å². The number of halogens is 2.